The molecule has 0 unspecified atom stereocenters. The van der Waals surface area contributed by atoms with Gasteiger partial charge in [-0.05, 0) is 45.3 Å². The SMILES string of the molecule is CC(C)C[C@H](N)C(=O)N(C(=O)OC(C)(C)C)c1n[nH]c(=S)s1. The van der Waals surface area contributed by atoms with Gasteiger partial charge in [-0.1, -0.05) is 25.2 Å². The highest BCUT2D eigenvalue weighted by atomic mass is 32.1. The third kappa shape index (κ3) is 5.47. The van der Waals surface area contributed by atoms with Crippen LogP contribution in [0.2, 0.25) is 0 Å². The van der Waals surface area contributed by atoms with Gasteiger partial charge in [0, 0.05) is 0 Å². The molecule has 9 heteroatoms. The fraction of sp³-hybridized carbons (Fsp3) is 0.692. The molecular formula is C13H22N4O3S2. The molecule has 1 rings (SSSR count). The van der Waals surface area contributed by atoms with E-state index in [4.69, 9.17) is 22.7 Å². The Morgan fingerprint density at radius 2 is 2.05 bits per heavy atom. The molecule has 0 spiro atoms. The highest BCUT2D eigenvalue weighted by Crippen LogP contribution is 2.22. The lowest BCUT2D eigenvalue weighted by Crippen LogP contribution is -2.49. The maximum absolute atomic E-state index is 12.5. The van der Waals surface area contributed by atoms with Crippen LogP contribution < -0.4 is 10.6 Å². The fourth-order valence-corrected chi connectivity index (χ4v) is 2.54. The Kier molecular flexibility index (Phi) is 6.21. The number of nitrogens with zero attached hydrogens (tertiary/aromatic N) is 2. The molecule has 0 radical (unpaired) electrons. The Labute approximate surface area is 138 Å². The Hall–Kier alpha value is -1.32. The lowest BCUT2D eigenvalue weighted by atomic mass is 10.0. The van der Waals surface area contributed by atoms with Gasteiger partial charge < -0.3 is 10.5 Å². The first-order chi connectivity index (χ1) is 10.0. The third-order valence-corrected chi connectivity index (χ3v) is 3.53. The van der Waals surface area contributed by atoms with E-state index in [0.29, 0.717) is 10.4 Å². The van der Waals surface area contributed by atoms with E-state index in [2.05, 4.69) is 10.2 Å². The van der Waals surface area contributed by atoms with Crippen LogP contribution in [0.25, 0.3) is 0 Å². The zero-order valence-corrected chi connectivity index (χ0v) is 15.0. The molecule has 2 amide bonds. The van der Waals surface area contributed by atoms with E-state index in [-0.39, 0.29) is 11.0 Å². The van der Waals surface area contributed by atoms with E-state index >= 15 is 0 Å². The van der Waals surface area contributed by atoms with Gasteiger partial charge in [-0.15, -0.1) is 5.10 Å². The number of carbonyl (C=O) groups is 2. The van der Waals surface area contributed by atoms with Crippen molar-refractivity contribution in [2.75, 3.05) is 4.90 Å². The summed E-state index contributed by atoms with van der Waals surface area (Å²) in [5.41, 5.74) is 5.17. The van der Waals surface area contributed by atoms with Gasteiger partial charge in [-0.25, -0.2) is 4.79 Å². The number of amides is 2. The van der Waals surface area contributed by atoms with Crippen LogP contribution in [0.1, 0.15) is 41.0 Å². The van der Waals surface area contributed by atoms with Crippen molar-refractivity contribution >= 4 is 40.7 Å². The average Bonchev–Trinajstić information content (AvgIpc) is 2.72. The monoisotopic (exact) mass is 346 g/mol. The normalized spacial score (nSPS) is 13.0. The number of nitrogens with two attached hydrogens (primary N) is 1. The van der Waals surface area contributed by atoms with Gasteiger partial charge in [0.2, 0.25) is 5.13 Å². The highest BCUT2D eigenvalue weighted by Gasteiger charge is 2.34. The molecule has 1 heterocycles. The number of aromatic amines is 1. The minimum absolute atomic E-state index is 0.128. The molecule has 1 aromatic heterocycles. The molecule has 0 aliphatic carbocycles. The maximum Gasteiger partial charge on any atom is 0.423 e. The van der Waals surface area contributed by atoms with Crippen LogP contribution in [-0.2, 0) is 9.53 Å². The predicted molar refractivity (Wildman–Crippen MR) is 88.4 cm³/mol. The number of hydrogen-bond donors (Lipinski definition) is 2. The van der Waals surface area contributed by atoms with Crippen LogP contribution in [-0.4, -0.2) is 33.8 Å². The molecule has 0 aliphatic rings. The van der Waals surface area contributed by atoms with E-state index in [1.54, 1.807) is 20.8 Å². The minimum atomic E-state index is -0.815. The number of rotatable bonds is 4. The lowest BCUT2D eigenvalue weighted by Gasteiger charge is -2.26. The van der Waals surface area contributed by atoms with Crippen molar-refractivity contribution in [3.8, 4) is 0 Å². The molecule has 0 saturated heterocycles. The second kappa shape index (κ2) is 7.30. The van der Waals surface area contributed by atoms with E-state index in [0.717, 1.165) is 16.2 Å². The van der Waals surface area contributed by atoms with Crippen LogP contribution in [0.3, 0.4) is 0 Å². The molecule has 1 aromatic rings. The summed E-state index contributed by atoms with van der Waals surface area (Å²) in [6.45, 7) is 9.04. The molecule has 0 bridgehead atoms. The van der Waals surface area contributed by atoms with E-state index in [9.17, 15) is 9.59 Å². The molecule has 3 N–H and O–H groups in total. The largest absolute Gasteiger partial charge is 0.443 e. The van der Waals surface area contributed by atoms with Crippen molar-refractivity contribution in [1.82, 2.24) is 10.2 Å². The second-order valence-corrected chi connectivity index (χ2v) is 7.93. The van der Waals surface area contributed by atoms with Crippen LogP contribution in [0, 0.1) is 9.87 Å². The van der Waals surface area contributed by atoms with Gasteiger partial charge in [0.05, 0.1) is 6.04 Å². The summed E-state index contributed by atoms with van der Waals surface area (Å²) < 4.78 is 5.62. The summed E-state index contributed by atoms with van der Waals surface area (Å²) in [5.74, 6) is -0.336. The first-order valence-electron chi connectivity index (χ1n) is 6.89. The minimum Gasteiger partial charge on any atom is -0.443 e. The molecule has 0 fully saturated rings. The Bertz CT molecular complexity index is 589. The number of ether oxygens (including phenoxy) is 1. The summed E-state index contributed by atoms with van der Waals surface area (Å²) in [6.07, 6.45) is -0.358. The van der Waals surface area contributed by atoms with Crippen molar-refractivity contribution in [2.45, 2.75) is 52.7 Å². The fourth-order valence-electron chi connectivity index (χ4n) is 1.66. The average molecular weight is 346 g/mol. The van der Waals surface area contributed by atoms with Crippen LogP contribution >= 0.6 is 23.6 Å². The number of imide groups is 1. The molecular weight excluding hydrogens is 324 g/mol. The van der Waals surface area contributed by atoms with Crippen molar-refractivity contribution in [3.05, 3.63) is 3.95 Å². The van der Waals surface area contributed by atoms with Crippen molar-refractivity contribution in [1.29, 1.82) is 0 Å². The number of H-pyrrole nitrogens is 1. The van der Waals surface area contributed by atoms with Crippen molar-refractivity contribution < 1.29 is 14.3 Å². The number of carbonyl (C=O) groups excluding carboxylic acids is 2. The maximum atomic E-state index is 12.5. The van der Waals surface area contributed by atoms with Gasteiger partial charge in [0.1, 0.15) is 5.60 Å². The lowest BCUT2D eigenvalue weighted by molar-refractivity contribution is -0.120. The molecule has 22 heavy (non-hydrogen) atoms. The smallest absolute Gasteiger partial charge is 0.423 e. The van der Waals surface area contributed by atoms with Crippen molar-refractivity contribution in [3.63, 3.8) is 0 Å². The van der Waals surface area contributed by atoms with Crippen LogP contribution in [0.4, 0.5) is 9.93 Å². The summed E-state index contributed by atoms with van der Waals surface area (Å²) in [4.78, 5) is 25.7. The quantitative estimate of drug-likeness (QED) is 0.813. The van der Waals surface area contributed by atoms with Gasteiger partial charge in [0.15, 0.2) is 3.95 Å². The van der Waals surface area contributed by atoms with Crippen molar-refractivity contribution in [2.24, 2.45) is 11.7 Å². The number of nitrogens with one attached hydrogen (secondary N) is 1. The zero-order chi connectivity index (χ0) is 17.1. The Balaban J connectivity index is 3.09. The van der Waals surface area contributed by atoms with Gasteiger partial charge >= 0.3 is 6.09 Å². The van der Waals surface area contributed by atoms with Gasteiger partial charge in [0.25, 0.3) is 5.91 Å². The molecule has 0 saturated carbocycles. The summed E-state index contributed by atoms with van der Waals surface area (Å²) in [5, 5.41) is 6.56. The van der Waals surface area contributed by atoms with E-state index in [1.807, 2.05) is 13.8 Å². The first-order valence-corrected chi connectivity index (χ1v) is 8.11. The summed E-state index contributed by atoms with van der Waals surface area (Å²) >= 11 is 5.96. The summed E-state index contributed by atoms with van der Waals surface area (Å²) in [6, 6.07) is -0.815. The summed E-state index contributed by atoms with van der Waals surface area (Å²) in [7, 11) is 0. The molecule has 7 nitrogen and oxygen atoms in total. The molecule has 1 atom stereocenters. The third-order valence-electron chi connectivity index (χ3n) is 2.46. The second-order valence-electron chi connectivity index (χ2n) is 6.29. The first kappa shape index (κ1) is 18.7. The van der Waals surface area contributed by atoms with Crippen LogP contribution in [0.5, 0.6) is 0 Å². The Morgan fingerprint density at radius 3 is 2.45 bits per heavy atom. The molecule has 0 aromatic carbocycles. The topological polar surface area (TPSA) is 101 Å². The molecule has 0 aliphatic heterocycles. The standard InChI is InChI=1S/C13H22N4O3S2/c1-7(2)6-8(14)9(18)17(10-15-16-11(21)22-10)12(19)20-13(3,4)5/h7-8H,6,14H2,1-5H3,(H,16,21)/t8-/m0/s1. The molecule has 124 valence electrons. The van der Waals surface area contributed by atoms with E-state index in [1.165, 1.54) is 0 Å². The predicted octanol–water partition coefficient (Wildman–Crippen LogP) is 2.84. The van der Waals surface area contributed by atoms with Gasteiger partial charge in [-0.2, -0.15) is 4.90 Å². The van der Waals surface area contributed by atoms with Gasteiger partial charge in [-0.3, -0.25) is 9.89 Å². The van der Waals surface area contributed by atoms with E-state index < -0.39 is 23.6 Å². The zero-order valence-electron chi connectivity index (χ0n) is 13.4. The highest BCUT2D eigenvalue weighted by molar-refractivity contribution is 7.73. The van der Waals surface area contributed by atoms with Crippen LogP contribution in [0.15, 0.2) is 0 Å². The number of hydrogen-bond acceptors (Lipinski definition) is 7. The Morgan fingerprint density at radius 1 is 1.45 bits per heavy atom. The number of aromatic nitrogens is 2. The number of anilines is 1.